The van der Waals surface area contributed by atoms with Gasteiger partial charge in [-0.2, -0.15) is 5.26 Å². The maximum Gasteiger partial charge on any atom is 0.258 e. The molecule has 2 heterocycles. The third kappa shape index (κ3) is 4.90. The van der Waals surface area contributed by atoms with Crippen molar-refractivity contribution in [3.63, 3.8) is 0 Å². The lowest BCUT2D eigenvalue weighted by atomic mass is 9.95. The van der Waals surface area contributed by atoms with Gasteiger partial charge in [0.2, 0.25) is 0 Å². The maximum absolute atomic E-state index is 12.2. The molecule has 2 aliphatic heterocycles. The summed E-state index contributed by atoms with van der Waals surface area (Å²) >= 11 is 0. The molecule has 160 valence electrons. The minimum Gasteiger partial charge on any atom is -0.401 e. The summed E-state index contributed by atoms with van der Waals surface area (Å²) < 4.78 is 0. The number of nitriles is 1. The molecule has 9 nitrogen and oxygen atoms in total. The summed E-state index contributed by atoms with van der Waals surface area (Å²) in [5, 5.41) is 32.0. The molecule has 0 radical (unpaired) electrons. The van der Waals surface area contributed by atoms with Crippen LogP contribution in [0.2, 0.25) is 0 Å². The lowest BCUT2D eigenvalue weighted by Crippen LogP contribution is -2.50. The molecule has 0 unspecified atom stereocenters. The van der Waals surface area contributed by atoms with Crippen LogP contribution in [0.15, 0.2) is 36.2 Å². The Bertz CT molecular complexity index is 857. The summed E-state index contributed by atoms with van der Waals surface area (Å²) in [6, 6.07) is 9.67. The van der Waals surface area contributed by atoms with Crippen molar-refractivity contribution in [1.29, 1.82) is 5.26 Å². The molecule has 30 heavy (non-hydrogen) atoms. The molecule has 9 heteroatoms. The second-order valence-electron chi connectivity index (χ2n) is 7.68. The van der Waals surface area contributed by atoms with Gasteiger partial charge < -0.3 is 31.1 Å². The molecule has 1 saturated heterocycles. The van der Waals surface area contributed by atoms with E-state index in [1.807, 2.05) is 18.2 Å². The number of aliphatic hydroxyl groups excluding tert-OH is 2. The summed E-state index contributed by atoms with van der Waals surface area (Å²) in [7, 11) is 0. The van der Waals surface area contributed by atoms with Crippen molar-refractivity contribution < 1.29 is 19.8 Å². The molecule has 2 atom stereocenters. The van der Waals surface area contributed by atoms with Crippen LogP contribution >= 0.6 is 0 Å². The zero-order valence-corrected chi connectivity index (χ0v) is 16.7. The molecule has 1 aromatic rings. The van der Waals surface area contributed by atoms with E-state index in [9.17, 15) is 25.1 Å². The number of benzene rings is 1. The Kier molecular flexibility index (Phi) is 6.92. The molecule has 1 fully saturated rings. The summed E-state index contributed by atoms with van der Waals surface area (Å²) in [4.78, 5) is 27.7. The number of carbonyl (C=O) groups is 2. The number of aliphatic hydroxyl groups is 2. The quantitative estimate of drug-likeness (QED) is 0.499. The summed E-state index contributed by atoms with van der Waals surface area (Å²) in [6.07, 6.45) is -0.135. The largest absolute Gasteiger partial charge is 0.401 e. The van der Waals surface area contributed by atoms with Gasteiger partial charge in [0.1, 0.15) is 6.07 Å². The Morgan fingerprint density at radius 1 is 1.20 bits per heavy atom. The molecule has 1 aromatic carbocycles. The normalized spacial score (nSPS) is 19.0. The summed E-state index contributed by atoms with van der Waals surface area (Å²) in [5.41, 5.74) is 7.68. The fourth-order valence-electron chi connectivity index (χ4n) is 3.77. The highest BCUT2D eigenvalue weighted by molar-refractivity contribution is 5.91. The number of anilines is 1. The van der Waals surface area contributed by atoms with Crippen molar-refractivity contribution in [2.24, 2.45) is 11.7 Å². The standard InChI is InChI=1S/C21H27N5O4/c22-11-15-3-1-2-4-17(15)25-8-5-14(6-9-25)12-24-20(29)18(27)19(28)21(30)26-10-7-16(23)13-26/h1-4,13-14,18-19,27-28H,5-10,12,23H2,(H,24,29)/t18-,19-/m1/s1. The number of rotatable bonds is 6. The van der Waals surface area contributed by atoms with Gasteiger partial charge in [-0.05, 0) is 30.9 Å². The van der Waals surface area contributed by atoms with E-state index in [4.69, 9.17) is 5.73 Å². The van der Waals surface area contributed by atoms with Gasteiger partial charge in [-0.3, -0.25) is 9.59 Å². The van der Waals surface area contributed by atoms with Crippen LogP contribution in [0.3, 0.4) is 0 Å². The first-order valence-electron chi connectivity index (χ1n) is 10.0. The molecule has 0 spiro atoms. The average molecular weight is 413 g/mol. The van der Waals surface area contributed by atoms with E-state index < -0.39 is 24.0 Å². The van der Waals surface area contributed by atoms with E-state index in [-0.39, 0.29) is 5.92 Å². The van der Waals surface area contributed by atoms with Gasteiger partial charge in [0.15, 0.2) is 12.2 Å². The van der Waals surface area contributed by atoms with Crippen molar-refractivity contribution >= 4 is 17.5 Å². The lowest BCUT2D eigenvalue weighted by Gasteiger charge is -2.34. The average Bonchev–Trinajstić information content (AvgIpc) is 3.22. The third-order valence-corrected chi connectivity index (χ3v) is 5.61. The molecule has 3 rings (SSSR count). The van der Waals surface area contributed by atoms with E-state index in [2.05, 4.69) is 16.3 Å². The lowest BCUT2D eigenvalue weighted by molar-refractivity contribution is -0.151. The van der Waals surface area contributed by atoms with Crippen LogP contribution in [0.4, 0.5) is 5.69 Å². The first-order valence-corrected chi connectivity index (χ1v) is 10.0. The molecule has 0 aliphatic carbocycles. The predicted molar refractivity (Wildman–Crippen MR) is 110 cm³/mol. The van der Waals surface area contributed by atoms with Gasteiger partial charge in [-0.15, -0.1) is 0 Å². The van der Waals surface area contributed by atoms with E-state index >= 15 is 0 Å². The van der Waals surface area contributed by atoms with Crippen LogP contribution in [0.25, 0.3) is 0 Å². The Balaban J connectivity index is 1.45. The second-order valence-corrected chi connectivity index (χ2v) is 7.68. The number of para-hydroxylation sites is 1. The minimum atomic E-state index is -1.84. The Morgan fingerprint density at radius 3 is 2.53 bits per heavy atom. The second kappa shape index (κ2) is 9.61. The van der Waals surface area contributed by atoms with E-state index in [0.29, 0.717) is 30.8 Å². The Morgan fingerprint density at radius 2 is 1.90 bits per heavy atom. The maximum atomic E-state index is 12.2. The third-order valence-electron chi connectivity index (χ3n) is 5.61. The zero-order valence-electron chi connectivity index (χ0n) is 16.7. The zero-order chi connectivity index (χ0) is 21.7. The van der Waals surface area contributed by atoms with E-state index in [1.54, 1.807) is 6.07 Å². The van der Waals surface area contributed by atoms with Crippen molar-refractivity contribution in [3.8, 4) is 6.07 Å². The molecule has 5 N–H and O–H groups in total. The number of amides is 2. The van der Waals surface area contributed by atoms with Crippen LogP contribution in [0.1, 0.15) is 24.8 Å². The highest BCUT2D eigenvalue weighted by atomic mass is 16.3. The highest BCUT2D eigenvalue weighted by Crippen LogP contribution is 2.25. The first kappa shape index (κ1) is 21.6. The van der Waals surface area contributed by atoms with Gasteiger partial charge >= 0.3 is 0 Å². The van der Waals surface area contributed by atoms with Crippen LogP contribution in [0, 0.1) is 17.2 Å². The van der Waals surface area contributed by atoms with Crippen LogP contribution in [-0.2, 0) is 9.59 Å². The van der Waals surface area contributed by atoms with Gasteiger partial charge in [0, 0.05) is 44.5 Å². The van der Waals surface area contributed by atoms with Crippen molar-refractivity contribution in [3.05, 3.63) is 41.7 Å². The molecule has 0 aromatic heterocycles. The van der Waals surface area contributed by atoms with Crippen LogP contribution < -0.4 is 16.0 Å². The highest BCUT2D eigenvalue weighted by Gasteiger charge is 2.34. The first-order chi connectivity index (χ1) is 14.4. The summed E-state index contributed by atoms with van der Waals surface area (Å²) in [5.74, 6) is -1.31. The fourth-order valence-corrected chi connectivity index (χ4v) is 3.77. The van der Waals surface area contributed by atoms with Gasteiger partial charge in [0.05, 0.1) is 11.3 Å². The molecule has 2 amide bonds. The molecular formula is C21H27N5O4. The van der Waals surface area contributed by atoms with Gasteiger partial charge in [-0.25, -0.2) is 0 Å². The molecule has 0 saturated carbocycles. The molecule has 2 aliphatic rings. The monoisotopic (exact) mass is 413 g/mol. The molecule has 0 bridgehead atoms. The topological polar surface area (TPSA) is 143 Å². The Hall–Kier alpha value is -3.09. The molecular weight excluding hydrogens is 386 g/mol. The number of hydrogen-bond donors (Lipinski definition) is 4. The van der Waals surface area contributed by atoms with Crippen molar-refractivity contribution in [2.45, 2.75) is 31.5 Å². The Labute approximate surface area is 175 Å². The number of carbonyl (C=O) groups excluding carboxylic acids is 2. The van der Waals surface area contributed by atoms with E-state index in [0.717, 1.165) is 31.6 Å². The van der Waals surface area contributed by atoms with Crippen molar-refractivity contribution in [2.75, 3.05) is 31.1 Å². The van der Waals surface area contributed by atoms with E-state index in [1.165, 1.54) is 11.1 Å². The minimum absolute atomic E-state index is 0.209. The number of nitrogens with one attached hydrogen (secondary N) is 1. The predicted octanol–water partition coefficient (Wildman–Crippen LogP) is -0.355. The number of hydrogen-bond acceptors (Lipinski definition) is 7. The smallest absolute Gasteiger partial charge is 0.258 e. The van der Waals surface area contributed by atoms with Crippen molar-refractivity contribution in [1.82, 2.24) is 10.2 Å². The van der Waals surface area contributed by atoms with Gasteiger partial charge in [0.25, 0.3) is 11.8 Å². The SMILES string of the molecule is N#Cc1ccccc1N1CCC(CNC(=O)[C@H](O)[C@@H](O)C(=O)N2C=C(N)CC2)CC1. The van der Waals surface area contributed by atoms with Gasteiger partial charge in [-0.1, -0.05) is 12.1 Å². The number of piperidine rings is 1. The fraction of sp³-hybridized carbons (Fsp3) is 0.476. The van der Waals surface area contributed by atoms with Crippen LogP contribution in [-0.4, -0.2) is 65.3 Å². The summed E-state index contributed by atoms with van der Waals surface area (Å²) in [6.45, 7) is 2.18. The number of nitrogens with zero attached hydrogens (tertiary/aromatic N) is 3. The number of nitrogens with two attached hydrogens (primary N) is 1. The van der Waals surface area contributed by atoms with Crippen LogP contribution in [0.5, 0.6) is 0 Å².